The van der Waals surface area contributed by atoms with Gasteiger partial charge in [0, 0.05) is 48.9 Å². The maximum atomic E-state index is 13.8. The predicted octanol–water partition coefficient (Wildman–Crippen LogP) is 3.96. The number of anilines is 2. The van der Waals surface area contributed by atoms with Crippen LogP contribution in [-0.2, 0) is 10.0 Å². The molecule has 1 amide bonds. The number of hydrogen-bond acceptors (Lipinski definition) is 7. The van der Waals surface area contributed by atoms with Gasteiger partial charge in [0.2, 0.25) is 10.0 Å². The molecular formula is C25H31Cl2N7O3S. The summed E-state index contributed by atoms with van der Waals surface area (Å²) in [6, 6.07) is 8.56. The highest BCUT2D eigenvalue weighted by atomic mass is 35.5. The van der Waals surface area contributed by atoms with Gasteiger partial charge in [-0.1, -0.05) is 23.2 Å². The Morgan fingerprint density at radius 2 is 1.84 bits per heavy atom. The van der Waals surface area contributed by atoms with Crippen molar-refractivity contribution in [3.8, 4) is 0 Å². The predicted molar refractivity (Wildman–Crippen MR) is 150 cm³/mol. The fraction of sp³-hybridized carbons (Fsp3) is 0.480. The van der Waals surface area contributed by atoms with Crippen LogP contribution in [0.15, 0.2) is 30.3 Å². The molecule has 2 aliphatic heterocycles. The molecule has 4 heterocycles. The number of aromatic nitrogens is 3. The zero-order chi connectivity index (χ0) is 27.2. The van der Waals surface area contributed by atoms with Crippen molar-refractivity contribution < 1.29 is 13.2 Å². The van der Waals surface area contributed by atoms with E-state index in [0.29, 0.717) is 40.1 Å². The number of benzene rings is 1. The number of carbonyl (C=O) groups is 1. The van der Waals surface area contributed by atoms with E-state index in [1.54, 1.807) is 15.5 Å². The third kappa shape index (κ3) is 5.70. The Kier molecular flexibility index (Phi) is 7.47. The van der Waals surface area contributed by atoms with Crippen LogP contribution in [0.25, 0.3) is 5.65 Å². The summed E-state index contributed by atoms with van der Waals surface area (Å²) in [6.07, 6.45) is 3.53. The molecule has 3 atom stereocenters. The fourth-order valence-electron chi connectivity index (χ4n) is 5.47. The first-order chi connectivity index (χ1) is 18.0. The molecule has 38 heavy (non-hydrogen) atoms. The molecule has 2 saturated heterocycles. The van der Waals surface area contributed by atoms with Crippen LogP contribution in [0.3, 0.4) is 0 Å². The van der Waals surface area contributed by atoms with E-state index in [-0.39, 0.29) is 23.2 Å². The van der Waals surface area contributed by atoms with Crippen molar-refractivity contribution >= 4 is 56.3 Å². The summed E-state index contributed by atoms with van der Waals surface area (Å²) in [5.74, 6) is 0.547. The van der Waals surface area contributed by atoms with E-state index < -0.39 is 10.0 Å². The molecule has 0 saturated carbocycles. The highest BCUT2D eigenvalue weighted by Crippen LogP contribution is 2.35. The van der Waals surface area contributed by atoms with Crippen LogP contribution in [0.5, 0.6) is 0 Å². The topological polar surface area (TPSA) is 112 Å². The number of fused-ring (bicyclic) bond motifs is 1. The van der Waals surface area contributed by atoms with Crippen molar-refractivity contribution in [1.82, 2.24) is 24.8 Å². The molecule has 10 nitrogen and oxygen atoms in total. The smallest absolute Gasteiger partial charge is 0.256 e. The highest BCUT2D eigenvalue weighted by Gasteiger charge is 2.33. The standard InChI is InChI=1S/C25H31Cl2N7O3S/c1-15-13-32(14-16(2)28-15)24-12-22(27)29-23-11-20(30-34(23)24)21-6-4-5-9-33(21)25(35)18-10-17(26)7-8-19(18)31-38(3,36)37/h7-8,10-12,15-16,21,28,31H,4-6,9,13-14H2,1-3H3/t15-,16+,21-/m0/s1. The minimum atomic E-state index is -3.60. The van der Waals surface area contributed by atoms with E-state index >= 15 is 0 Å². The van der Waals surface area contributed by atoms with Gasteiger partial charge in [-0.05, 0) is 51.3 Å². The lowest BCUT2D eigenvalue weighted by atomic mass is 9.98. The number of nitrogens with zero attached hydrogens (tertiary/aromatic N) is 5. The molecular weight excluding hydrogens is 549 g/mol. The maximum absolute atomic E-state index is 13.8. The minimum absolute atomic E-state index is 0.193. The third-order valence-electron chi connectivity index (χ3n) is 6.89. The van der Waals surface area contributed by atoms with Crippen molar-refractivity contribution in [1.29, 1.82) is 0 Å². The second-order valence-corrected chi connectivity index (χ2v) is 12.8. The van der Waals surface area contributed by atoms with Crippen LogP contribution in [-0.4, -0.2) is 71.8 Å². The van der Waals surface area contributed by atoms with Crippen LogP contribution in [0.4, 0.5) is 11.5 Å². The minimum Gasteiger partial charge on any atom is -0.353 e. The molecule has 2 aromatic heterocycles. The summed E-state index contributed by atoms with van der Waals surface area (Å²) in [6.45, 7) is 6.40. The summed E-state index contributed by atoms with van der Waals surface area (Å²) in [4.78, 5) is 22.4. The number of sulfonamides is 1. The zero-order valence-corrected chi connectivity index (χ0v) is 23.8. The van der Waals surface area contributed by atoms with E-state index in [0.717, 1.165) is 44.4 Å². The monoisotopic (exact) mass is 579 g/mol. The van der Waals surface area contributed by atoms with Crippen molar-refractivity contribution in [3.63, 3.8) is 0 Å². The molecule has 2 aliphatic rings. The van der Waals surface area contributed by atoms with Crippen molar-refractivity contribution in [3.05, 3.63) is 51.8 Å². The van der Waals surface area contributed by atoms with Crippen LogP contribution >= 0.6 is 23.2 Å². The molecule has 0 unspecified atom stereocenters. The molecule has 0 radical (unpaired) electrons. The normalized spacial score (nSPS) is 22.6. The Bertz CT molecular complexity index is 1470. The van der Waals surface area contributed by atoms with Gasteiger partial charge in [0.1, 0.15) is 11.0 Å². The Morgan fingerprint density at radius 1 is 1.11 bits per heavy atom. The van der Waals surface area contributed by atoms with E-state index in [2.05, 4.69) is 33.8 Å². The van der Waals surface area contributed by atoms with E-state index in [4.69, 9.17) is 28.3 Å². The number of rotatable bonds is 5. The first kappa shape index (κ1) is 27.0. The first-order valence-corrected chi connectivity index (χ1v) is 15.3. The van der Waals surface area contributed by atoms with E-state index in [9.17, 15) is 13.2 Å². The van der Waals surface area contributed by atoms with E-state index in [1.807, 2.05) is 12.1 Å². The Balaban J connectivity index is 1.52. The molecule has 0 aliphatic carbocycles. The van der Waals surface area contributed by atoms with Gasteiger partial charge < -0.3 is 15.1 Å². The van der Waals surface area contributed by atoms with E-state index in [1.165, 1.54) is 12.1 Å². The summed E-state index contributed by atoms with van der Waals surface area (Å²) in [7, 11) is -3.60. The summed E-state index contributed by atoms with van der Waals surface area (Å²) >= 11 is 12.6. The molecule has 2 N–H and O–H groups in total. The molecule has 204 valence electrons. The lowest BCUT2D eigenvalue weighted by Crippen LogP contribution is -2.54. The SMILES string of the molecule is C[C@@H]1CN(c2cc(Cl)nc3cc([C@@H]4CCCCN4C(=O)c4cc(Cl)ccc4NS(C)(=O)=O)nn23)C[C@H](C)N1. The average molecular weight is 581 g/mol. The molecule has 3 aromatic rings. The Morgan fingerprint density at radius 3 is 2.55 bits per heavy atom. The molecule has 0 bridgehead atoms. The summed E-state index contributed by atoms with van der Waals surface area (Å²) < 4.78 is 28.1. The second-order valence-electron chi connectivity index (χ2n) is 10.2. The maximum Gasteiger partial charge on any atom is 0.256 e. The number of carbonyl (C=O) groups excluding carboxylic acids is 1. The quantitative estimate of drug-likeness (QED) is 0.440. The van der Waals surface area contributed by atoms with Crippen LogP contribution < -0.4 is 14.9 Å². The zero-order valence-electron chi connectivity index (χ0n) is 21.5. The summed E-state index contributed by atoms with van der Waals surface area (Å²) in [5, 5.41) is 9.19. The number of piperidine rings is 1. The highest BCUT2D eigenvalue weighted by molar-refractivity contribution is 7.92. The second kappa shape index (κ2) is 10.5. The third-order valence-corrected chi connectivity index (χ3v) is 7.91. The molecule has 0 spiro atoms. The lowest BCUT2D eigenvalue weighted by Gasteiger charge is -2.37. The van der Waals surface area contributed by atoms with Crippen LogP contribution in [0.1, 0.15) is 55.2 Å². The van der Waals surface area contributed by atoms with Crippen LogP contribution in [0, 0.1) is 0 Å². The molecule has 5 rings (SSSR count). The van der Waals surface area contributed by atoms with Gasteiger partial charge in [-0.2, -0.15) is 9.61 Å². The Labute approximate surface area is 232 Å². The van der Waals surface area contributed by atoms with Crippen molar-refractivity contribution in [2.45, 2.75) is 51.2 Å². The summed E-state index contributed by atoms with van der Waals surface area (Å²) in [5.41, 5.74) is 1.72. The lowest BCUT2D eigenvalue weighted by molar-refractivity contribution is 0.0607. The number of piperazine rings is 1. The number of hydrogen-bond donors (Lipinski definition) is 2. The van der Waals surface area contributed by atoms with Gasteiger partial charge in [-0.15, -0.1) is 0 Å². The largest absolute Gasteiger partial charge is 0.353 e. The average Bonchev–Trinajstić information content (AvgIpc) is 3.26. The van der Waals surface area contributed by atoms with Gasteiger partial charge in [0.25, 0.3) is 5.91 Å². The molecule has 2 fully saturated rings. The molecule has 1 aromatic carbocycles. The van der Waals surface area contributed by atoms with Gasteiger partial charge in [-0.25, -0.2) is 13.4 Å². The van der Waals surface area contributed by atoms with Gasteiger partial charge in [0.15, 0.2) is 5.65 Å². The Hall–Kier alpha value is -2.60. The van der Waals surface area contributed by atoms with Crippen molar-refractivity contribution in [2.75, 3.05) is 35.5 Å². The number of amides is 1. The van der Waals surface area contributed by atoms with Crippen molar-refractivity contribution in [2.24, 2.45) is 0 Å². The van der Waals surface area contributed by atoms with Crippen LogP contribution in [0.2, 0.25) is 10.2 Å². The van der Waals surface area contributed by atoms with Gasteiger partial charge >= 0.3 is 0 Å². The number of likely N-dealkylation sites (tertiary alicyclic amines) is 1. The fourth-order valence-corrected chi connectivity index (χ4v) is 6.40. The van der Waals surface area contributed by atoms with Gasteiger partial charge in [0.05, 0.1) is 29.2 Å². The molecule has 13 heteroatoms. The first-order valence-electron chi connectivity index (χ1n) is 12.6. The van der Waals surface area contributed by atoms with Gasteiger partial charge in [-0.3, -0.25) is 9.52 Å². The number of nitrogens with one attached hydrogen (secondary N) is 2. The number of halogens is 2.